The first-order valence-corrected chi connectivity index (χ1v) is 3.66. The molecule has 1 nitrogen and oxygen atoms in total. The highest BCUT2D eigenvalue weighted by Crippen LogP contribution is 2.08. The zero-order valence-corrected chi connectivity index (χ0v) is 7.48. The second-order valence-electron chi connectivity index (χ2n) is 1.80. The summed E-state index contributed by atoms with van der Waals surface area (Å²) in [5, 5.41) is 5.50. The Labute approximate surface area is 69.7 Å². The largest absolute Gasteiger partial charge is 0.317 e. The Morgan fingerprint density at radius 3 is 1.90 bits per heavy atom. The van der Waals surface area contributed by atoms with E-state index in [0.29, 0.717) is 0 Å². The van der Waals surface area contributed by atoms with Crippen LogP contribution < -0.4 is 0 Å². The summed E-state index contributed by atoms with van der Waals surface area (Å²) in [6.45, 7) is 4.58. The van der Waals surface area contributed by atoms with Crippen molar-refractivity contribution in [3.05, 3.63) is 34.3 Å². The molecule has 0 saturated carbocycles. The molecule has 10 heavy (non-hydrogen) atoms. The Hall–Kier alpha value is -0.630. The van der Waals surface area contributed by atoms with Crippen LogP contribution >= 0.6 is 15.9 Å². The maximum absolute atomic E-state index is 5.50. The first-order valence-electron chi connectivity index (χ1n) is 2.86. The van der Waals surface area contributed by atoms with Crippen LogP contribution in [0.4, 0.5) is 0 Å². The van der Waals surface area contributed by atoms with Crippen molar-refractivity contribution in [2.75, 3.05) is 0 Å². The lowest BCUT2D eigenvalue weighted by Crippen LogP contribution is -1.66. The minimum atomic E-state index is 1.14. The van der Waals surface area contributed by atoms with Crippen molar-refractivity contribution in [3.8, 4) is 0 Å². The molecule has 1 aromatic rings. The minimum absolute atomic E-state index is 1.14. The van der Waals surface area contributed by atoms with Gasteiger partial charge in [-0.25, -0.2) is 0 Å². The third-order valence-corrected chi connectivity index (χ3v) is 1.54. The van der Waals surface area contributed by atoms with Crippen LogP contribution in [0.2, 0.25) is 0 Å². The topological polar surface area (TPSA) is 23.9 Å². The van der Waals surface area contributed by atoms with Crippen LogP contribution in [0.1, 0.15) is 5.56 Å². The van der Waals surface area contributed by atoms with Crippen molar-refractivity contribution < 1.29 is 0 Å². The van der Waals surface area contributed by atoms with Gasteiger partial charge in [0.05, 0.1) is 0 Å². The molecule has 1 aromatic carbocycles. The summed E-state index contributed by atoms with van der Waals surface area (Å²) in [5.74, 6) is 0. The van der Waals surface area contributed by atoms with Gasteiger partial charge in [-0.15, -0.1) is 0 Å². The van der Waals surface area contributed by atoms with E-state index in [-0.39, 0.29) is 0 Å². The van der Waals surface area contributed by atoms with Crippen molar-refractivity contribution in [3.63, 3.8) is 0 Å². The molecule has 1 rings (SSSR count). The zero-order chi connectivity index (χ0) is 7.98. The van der Waals surface area contributed by atoms with Gasteiger partial charge in [-0.3, -0.25) is 0 Å². The number of benzene rings is 1. The maximum Gasteiger partial charge on any atom is 0.0175 e. The number of halogens is 1. The number of rotatable bonds is 0. The van der Waals surface area contributed by atoms with Crippen molar-refractivity contribution in [1.29, 1.82) is 5.41 Å². The maximum atomic E-state index is 5.50. The van der Waals surface area contributed by atoms with E-state index in [1.54, 1.807) is 0 Å². The number of aryl methyl sites for hydroxylation is 1. The number of hydrogen-bond acceptors (Lipinski definition) is 1. The Balaban J connectivity index is 0.000000371. The van der Waals surface area contributed by atoms with Gasteiger partial charge in [-0.05, 0) is 25.8 Å². The average Bonchev–Trinajstić information content (AvgIpc) is 2.00. The number of nitrogens with one attached hydrogen (secondary N) is 1. The molecule has 0 unspecified atom stereocenters. The molecule has 0 fully saturated rings. The molecule has 2 heteroatoms. The van der Waals surface area contributed by atoms with Gasteiger partial charge in [-0.1, -0.05) is 33.6 Å². The third-order valence-electron chi connectivity index (χ3n) is 1.01. The van der Waals surface area contributed by atoms with Gasteiger partial charge in [0.1, 0.15) is 0 Å². The lowest BCUT2D eigenvalue weighted by atomic mass is 10.2. The van der Waals surface area contributed by atoms with Crippen LogP contribution in [0.25, 0.3) is 0 Å². The average molecular weight is 200 g/mol. The standard InChI is InChI=1S/C7H7Br.CH3N/c1-6-2-4-7(8)5-3-6;1-2/h2-5H,1H3;2H,1H2. The van der Waals surface area contributed by atoms with E-state index in [2.05, 4.69) is 41.7 Å². The molecular formula is C8H10BrN. The fourth-order valence-electron chi connectivity index (χ4n) is 0.533. The highest BCUT2D eigenvalue weighted by atomic mass is 79.9. The van der Waals surface area contributed by atoms with Crippen LogP contribution in [0, 0.1) is 12.3 Å². The Morgan fingerprint density at radius 1 is 1.20 bits per heavy atom. The van der Waals surface area contributed by atoms with E-state index in [1.807, 2.05) is 12.1 Å². The molecule has 0 spiro atoms. The third kappa shape index (κ3) is 3.41. The summed E-state index contributed by atoms with van der Waals surface area (Å²) in [7, 11) is 0. The first kappa shape index (κ1) is 9.37. The molecule has 0 atom stereocenters. The summed E-state index contributed by atoms with van der Waals surface area (Å²) in [6, 6.07) is 8.22. The smallest absolute Gasteiger partial charge is 0.0175 e. The van der Waals surface area contributed by atoms with Gasteiger partial charge in [0.2, 0.25) is 0 Å². The minimum Gasteiger partial charge on any atom is -0.317 e. The second kappa shape index (κ2) is 5.18. The molecule has 54 valence electrons. The van der Waals surface area contributed by atoms with Crippen LogP contribution in [0.15, 0.2) is 28.7 Å². The van der Waals surface area contributed by atoms with Gasteiger partial charge >= 0.3 is 0 Å². The lowest BCUT2D eigenvalue weighted by molar-refractivity contribution is 1.46. The predicted octanol–water partition coefficient (Wildman–Crippen LogP) is 3.02. The highest BCUT2D eigenvalue weighted by molar-refractivity contribution is 9.10. The Kier molecular flexibility index (Phi) is 4.85. The van der Waals surface area contributed by atoms with Crippen molar-refractivity contribution >= 4 is 22.6 Å². The van der Waals surface area contributed by atoms with Crippen molar-refractivity contribution in [2.45, 2.75) is 6.92 Å². The molecule has 0 saturated heterocycles. The highest BCUT2D eigenvalue weighted by Gasteiger charge is 1.81. The summed E-state index contributed by atoms with van der Waals surface area (Å²) < 4.78 is 1.14. The van der Waals surface area contributed by atoms with E-state index >= 15 is 0 Å². The van der Waals surface area contributed by atoms with Crippen LogP contribution in [-0.4, -0.2) is 6.72 Å². The molecule has 0 aliphatic carbocycles. The Bertz CT molecular complexity index is 160. The lowest BCUT2D eigenvalue weighted by Gasteiger charge is -1.88. The summed E-state index contributed by atoms with van der Waals surface area (Å²) in [6.07, 6.45) is 0. The van der Waals surface area contributed by atoms with Gasteiger partial charge in [0.25, 0.3) is 0 Å². The molecule has 0 aromatic heterocycles. The fraction of sp³-hybridized carbons (Fsp3) is 0.125. The van der Waals surface area contributed by atoms with Crippen molar-refractivity contribution in [1.82, 2.24) is 0 Å². The molecule has 0 aliphatic rings. The van der Waals surface area contributed by atoms with Crippen molar-refractivity contribution in [2.24, 2.45) is 0 Å². The molecule has 0 radical (unpaired) electrons. The SMILES string of the molecule is C=N.Cc1ccc(Br)cc1. The first-order chi connectivity index (χ1) is 4.79. The molecule has 0 aliphatic heterocycles. The van der Waals surface area contributed by atoms with E-state index in [4.69, 9.17) is 5.41 Å². The molecule has 0 heterocycles. The van der Waals surface area contributed by atoms with E-state index < -0.39 is 0 Å². The molecule has 1 N–H and O–H groups in total. The second-order valence-corrected chi connectivity index (χ2v) is 2.71. The van der Waals surface area contributed by atoms with Crippen LogP contribution in [0.3, 0.4) is 0 Å². The summed E-state index contributed by atoms with van der Waals surface area (Å²) >= 11 is 3.35. The van der Waals surface area contributed by atoms with E-state index in [9.17, 15) is 0 Å². The van der Waals surface area contributed by atoms with Gasteiger partial charge in [-0.2, -0.15) is 0 Å². The zero-order valence-electron chi connectivity index (χ0n) is 5.89. The Morgan fingerprint density at radius 2 is 1.60 bits per heavy atom. The molecular weight excluding hydrogens is 190 g/mol. The predicted molar refractivity (Wildman–Crippen MR) is 48.7 cm³/mol. The van der Waals surface area contributed by atoms with E-state index in [0.717, 1.165) is 4.47 Å². The van der Waals surface area contributed by atoms with Gasteiger partial charge < -0.3 is 5.41 Å². The van der Waals surface area contributed by atoms with Crippen LogP contribution in [0.5, 0.6) is 0 Å². The fourth-order valence-corrected chi connectivity index (χ4v) is 0.798. The summed E-state index contributed by atoms with van der Waals surface area (Å²) in [4.78, 5) is 0. The monoisotopic (exact) mass is 199 g/mol. The number of hydrogen-bond donors (Lipinski definition) is 1. The van der Waals surface area contributed by atoms with E-state index in [1.165, 1.54) is 5.56 Å². The van der Waals surface area contributed by atoms with Gasteiger partial charge in [0.15, 0.2) is 0 Å². The normalized spacial score (nSPS) is 7.80. The molecule has 0 bridgehead atoms. The quantitative estimate of drug-likeness (QED) is 0.622. The summed E-state index contributed by atoms with van der Waals surface area (Å²) in [5.41, 5.74) is 1.30. The molecule has 0 amide bonds. The van der Waals surface area contributed by atoms with Crippen LogP contribution in [-0.2, 0) is 0 Å². The van der Waals surface area contributed by atoms with Gasteiger partial charge in [0, 0.05) is 4.47 Å².